The highest BCUT2D eigenvalue weighted by molar-refractivity contribution is 6.05. The Kier molecular flexibility index (Phi) is 4.35. The lowest BCUT2D eigenvalue weighted by Crippen LogP contribution is -2.71. The van der Waals surface area contributed by atoms with E-state index in [4.69, 9.17) is 11.3 Å². The largest absolute Gasteiger partial charge is 0.521 e. The van der Waals surface area contributed by atoms with Crippen molar-refractivity contribution < 1.29 is 24.5 Å². The lowest BCUT2D eigenvalue weighted by atomic mass is 9.34. The third kappa shape index (κ3) is 2.30. The molecule has 0 radical (unpaired) electrons. The summed E-state index contributed by atoms with van der Waals surface area (Å²) in [6.45, 7) is 20.2. The van der Waals surface area contributed by atoms with Gasteiger partial charge in [0.25, 0.3) is 0 Å². The number of carbonyl (C=O) groups excluding carboxylic acids is 2. The van der Waals surface area contributed by atoms with Crippen LogP contribution in [-0.4, -0.2) is 33.2 Å². The van der Waals surface area contributed by atoms with Crippen LogP contribution in [0.2, 0.25) is 0 Å². The van der Waals surface area contributed by atoms with Gasteiger partial charge >= 0.3 is 5.97 Å². The average Bonchev–Trinajstić information content (AvgIpc) is 2.98. The Bertz CT molecular complexity index is 1220. The van der Waals surface area contributed by atoms with Crippen LogP contribution >= 0.6 is 0 Å². The van der Waals surface area contributed by atoms with Gasteiger partial charge in [-0.3, -0.25) is 9.59 Å². The topological polar surface area (TPSA) is 88.2 Å². The van der Waals surface area contributed by atoms with Gasteiger partial charge in [-0.15, -0.1) is 0 Å². The molecular weight excluding hydrogens is 454 g/mol. The molecule has 0 unspecified atom stereocenters. The Hall–Kier alpha value is -2.13. The SMILES string of the molecule is [C-]#[N+]C1=C(O)[C@@](C)(O)[C@@H]2CC[C@]3(C)C(=CC(=O)[C@]45OC(=O)[C@@]6(CCC(C)(C)C[C@H]64)CC[C@@]35C)[C@@]2(C)C1. The zero-order valence-corrected chi connectivity index (χ0v) is 22.5. The Morgan fingerprint density at radius 2 is 1.67 bits per heavy atom. The second-order valence-electron chi connectivity index (χ2n) is 14.5. The van der Waals surface area contributed by atoms with E-state index >= 15 is 0 Å². The molecule has 3 saturated carbocycles. The quantitative estimate of drug-likeness (QED) is 0.335. The predicted molar refractivity (Wildman–Crippen MR) is 133 cm³/mol. The molecule has 194 valence electrons. The first-order chi connectivity index (χ1) is 16.6. The van der Waals surface area contributed by atoms with Crippen molar-refractivity contribution in [2.24, 2.45) is 38.9 Å². The van der Waals surface area contributed by atoms with Crippen molar-refractivity contribution in [3.63, 3.8) is 0 Å². The zero-order chi connectivity index (χ0) is 26.3. The average molecular weight is 494 g/mol. The summed E-state index contributed by atoms with van der Waals surface area (Å²) in [7, 11) is 0. The number of ketones is 1. The third-order valence-corrected chi connectivity index (χ3v) is 12.6. The molecule has 6 heteroatoms. The maximum absolute atomic E-state index is 14.5. The molecule has 4 fully saturated rings. The first kappa shape index (κ1) is 24.2. The highest BCUT2D eigenvalue weighted by atomic mass is 16.6. The second kappa shape index (κ2) is 6.46. The number of aliphatic hydroxyl groups excluding tert-OH is 1. The van der Waals surface area contributed by atoms with Gasteiger partial charge in [-0.05, 0) is 80.6 Å². The summed E-state index contributed by atoms with van der Waals surface area (Å²) in [5.74, 6) is -0.970. The van der Waals surface area contributed by atoms with Gasteiger partial charge in [-0.2, -0.15) is 0 Å². The number of hydrogen-bond donors (Lipinski definition) is 2. The molecule has 1 spiro atoms. The van der Waals surface area contributed by atoms with E-state index < -0.39 is 32.9 Å². The van der Waals surface area contributed by atoms with E-state index in [1.54, 1.807) is 13.0 Å². The van der Waals surface area contributed by atoms with E-state index in [9.17, 15) is 19.8 Å². The first-order valence-corrected chi connectivity index (χ1v) is 13.6. The number of nitrogens with zero attached hydrogens (tertiary/aromatic N) is 1. The van der Waals surface area contributed by atoms with Gasteiger partial charge in [0.2, 0.25) is 5.70 Å². The maximum atomic E-state index is 14.5. The maximum Gasteiger partial charge on any atom is 0.313 e. The summed E-state index contributed by atoms with van der Waals surface area (Å²) in [4.78, 5) is 31.7. The highest BCUT2D eigenvalue weighted by Gasteiger charge is 2.82. The normalized spacial score (nSPS) is 52.8. The summed E-state index contributed by atoms with van der Waals surface area (Å²) < 4.78 is 6.43. The minimum atomic E-state index is -1.54. The van der Waals surface area contributed by atoms with Crippen LogP contribution in [0.4, 0.5) is 0 Å². The van der Waals surface area contributed by atoms with Gasteiger partial charge in [0.05, 0.1) is 12.0 Å². The minimum Gasteiger partial charge on any atom is -0.521 e. The summed E-state index contributed by atoms with van der Waals surface area (Å²) in [5, 5.41) is 22.2. The van der Waals surface area contributed by atoms with E-state index in [-0.39, 0.29) is 40.5 Å². The summed E-state index contributed by atoms with van der Waals surface area (Å²) in [6, 6.07) is 0. The number of allylic oxidation sites excluding steroid dienone is 2. The molecule has 1 saturated heterocycles. The molecule has 2 N–H and O–H groups in total. The third-order valence-electron chi connectivity index (χ3n) is 12.6. The van der Waals surface area contributed by atoms with Crippen LogP contribution in [0.15, 0.2) is 23.1 Å². The van der Waals surface area contributed by atoms with Crippen molar-refractivity contribution in [2.75, 3.05) is 0 Å². The van der Waals surface area contributed by atoms with E-state index in [0.717, 1.165) is 44.1 Å². The fraction of sp³-hybridized carbons (Fsp3) is 0.767. The van der Waals surface area contributed by atoms with Gasteiger partial charge in [-0.25, -0.2) is 4.85 Å². The van der Waals surface area contributed by atoms with E-state index in [0.29, 0.717) is 12.8 Å². The van der Waals surface area contributed by atoms with Crippen LogP contribution in [0.5, 0.6) is 0 Å². The van der Waals surface area contributed by atoms with Gasteiger partial charge in [0.1, 0.15) is 11.4 Å². The van der Waals surface area contributed by atoms with Crippen LogP contribution in [0.1, 0.15) is 92.9 Å². The van der Waals surface area contributed by atoms with Crippen LogP contribution in [0, 0.1) is 45.5 Å². The Morgan fingerprint density at radius 3 is 2.33 bits per heavy atom. The molecule has 0 aromatic heterocycles. The molecule has 2 bridgehead atoms. The molecule has 6 nitrogen and oxygen atoms in total. The van der Waals surface area contributed by atoms with Crippen LogP contribution in [0.25, 0.3) is 4.85 Å². The lowest BCUT2D eigenvalue weighted by Gasteiger charge is -2.69. The molecule has 0 aromatic carbocycles. The molecule has 6 aliphatic rings. The van der Waals surface area contributed by atoms with E-state index in [1.807, 2.05) is 0 Å². The monoisotopic (exact) mass is 493 g/mol. The van der Waals surface area contributed by atoms with Crippen molar-refractivity contribution in [3.05, 3.63) is 34.5 Å². The fourth-order valence-electron chi connectivity index (χ4n) is 10.4. The summed E-state index contributed by atoms with van der Waals surface area (Å²) in [5.41, 5.74) is -3.79. The van der Waals surface area contributed by atoms with Crippen molar-refractivity contribution in [1.82, 2.24) is 0 Å². The molecule has 1 aliphatic heterocycles. The second-order valence-corrected chi connectivity index (χ2v) is 14.5. The minimum absolute atomic E-state index is 0.0388. The first-order valence-electron chi connectivity index (χ1n) is 13.6. The Balaban J connectivity index is 1.58. The Labute approximate surface area is 214 Å². The van der Waals surface area contributed by atoms with Gasteiger partial charge in [-0.1, -0.05) is 40.2 Å². The van der Waals surface area contributed by atoms with Gasteiger partial charge in [0, 0.05) is 17.3 Å². The zero-order valence-electron chi connectivity index (χ0n) is 22.5. The van der Waals surface area contributed by atoms with Crippen molar-refractivity contribution in [2.45, 2.75) is 104 Å². The number of aliphatic hydroxyl groups is 2. The van der Waals surface area contributed by atoms with Crippen molar-refractivity contribution >= 4 is 11.8 Å². The van der Waals surface area contributed by atoms with Gasteiger partial charge in [0.15, 0.2) is 11.4 Å². The number of hydrogen-bond acceptors (Lipinski definition) is 5. The molecule has 36 heavy (non-hydrogen) atoms. The predicted octanol–water partition coefficient (Wildman–Crippen LogP) is 5.67. The molecule has 1 heterocycles. The molecule has 5 aliphatic carbocycles. The highest BCUT2D eigenvalue weighted by Crippen LogP contribution is 2.78. The van der Waals surface area contributed by atoms with Gasteiger partial charge < -0.3 is 14.9 Å². The standard InChI is InChI=1S/C30H39NO5/c1-24(2)10-12-29-13-11-27(5)26(4)9-8-18-25(3,15-17(31-7)22(33)28(18,6)35)19(26)14-21(32)30(27,20(29)16-24)36-23(29)34/h14,18,20,33,35H,8-13,15-16H2,1-6H3/t18-,20-,25+,26-,27+,28+,29+,30-/m1/s1. The van der Waals surface area contributed by atoms with Crippen molar-refractivity contribution in [1.29, 1.82) is 0 Å². The van der Waals surface area contributed by atoms with Crippen molar-refractivity contribution in [3.8, 4) is 0 Å². The number of fused-ring (bicyclic) bond motifs is 4. The number of rotatable bonds is 0. The summed E-state index contributed by atoms with van der Waals surface area (Å²) in [6.07, 6.45) is 7.45. The number of ether oxygens (including phenoxy) is 1. The molecule has 0 amide bonds. The number of carbonyl (C=O) groups is 2. The number of esters is 1. The smallest absolute Gasteiger partial charge is 0.313 e. The van der Waals surface area contributed by atoms with E-state index in [2.05, 4.69) is 39.5 Å². The summed E-state index contributed by atoms with van der Waals surface area (Å²) >= 11 is 0. The molecule has 0 aromatic rings. The fourth-order valence-corrected chi connectivity index (χ4v) is 10.4. The van der Waals surface area contributed by atoms with Crippen LogP contribution < -0.4 is 0 Å². The Morgan fingerprint density at radius 1 is 1.00 bits per heavy atom. The molecule has 6 rings (SSSR count). The van der Waals surface area contributed by atoms with E-state index in [1.165, 1.54) is 0 Å². The van der Waals surface area contributed by atoms with Crippen LogP contribution in [-0.2, 0) is 14.3 Å². The molecule has 8 atom stereocenters. The lowest BCUT2D eigenvalue weighted by molar-refractivity contribution is -0.210. The molecular formula is C30H39NO5. The van der Waals surface area contributed by atoms with Crippen LogP contribution in [0.3, 0.4) is 0 Å².